The SMILES string of the molecule is CCOC(=O)C1CCCN1c1cc(C)nc(C(=O)OC)n1. The summed E-state index contributed by atoms with van der Waals surface area (Å²) in [6.07, 6.45) is 1.59. The van der Waals surface area contributed by atoms with Crippen molar-refractivity contribution in [3.63, 3.8) is 0 Å². The number of hydrogen-bond donors (Lipinski definition) is 0. The minimum atomic E-state index is -0.591. The Kier molecular flexibility index (Phi) is 4.72. The van der Waals surface area contributed by atoms with Crippen molar-refractivity contribution in [3.05, 3.63) is 17.6 Å². The average molecular weight is 293 g/mol. The molecule has 0 radical (unpaired) electrons. The topological polar surface area (TPSA) is 81.6 Å². The van der Waals surface area contributed by atoms with Gasteiger partial charge in [0.05, 0.1) is 13.7 Å². The fraction of sp³-hybridized carbons (Fsp3) is 0.571. The second kappa shape index (κ2) is 6.51. The highest BCUT2D eigenvalue weighted by Gasteiger charge is 2.33. The molecule has 1 fully saturated rings. The first-order valence-corrected chi connectivity index (χ1v) is 6.94. The zero-order valence-corrected chi connectivity index (χ0v) is 12.5. The van der Waals surface area contributed by atoms with Gasteiger partial charge < -0.3 is 14.4 Å². The summed E-state index contributed by atoms with van der Waals surface area (Å²) in [5.41, 5.74) is 0.648. The minimum Gasteiger partial charge on any atom is -0.464 e. The maximum atomic E-state index is 12.0. The van der Waals surface area contributed by atoms with E-state index in [0.717, 1.165) is 12.8 Å². The third-order valence-electron chi connectivity index (χ3n) is 3.31. The van der Waals surface area contributed by atoms with Crippen LogP contribution in [0.25, 0.3) is 0 Å². The fourth-order valence-corrected chi connectivity index (χ4v) is 2.41. The van der Waals surface area contributed by atoms with E-state index in [0.29, 0.717) is 24.7 Å². The van der Waals surface area contributed by atoms with Gasteiger partial charge in [-0.3, -0.25) is 0 Å². The van der Waals surface area contributed by atoms with E-state index in [9.17, 15) is 9.59 Å². The molecule has 2 heterocycles. The number of aryl methyl sites for hydroxylation is 1. The van der Waals surface area contributed by atoms with E-state index in [1.165, 1.54) is 7.11 Å². The van der Waals surface area contributed by atoms with Crippen LogP contribution in [0.5, 0.6) is 0 Å². The number of rotatable bonds is 4. The predicted molar refractivity (Wildman–Crippen MR) is 75.1 cm³/mol. The summed E-state index contributed by atoms with van der Waals surface area (Å²) >= 11 is 0. The van der Waals surface area contributed by atoms with Crippen molar-refractivity contribution < 1.29 is 19.1 Å². The van der Waals surface area contributed by atoms with Gasteiger partial charge in [-0.2, -0.15) is 0 Å². The molecule has 0 saturated carbocycles. The van der Waals surface area contributed by atoms with Gasteiger partial charge in [0.2, 0.25) is 5.82 Å². The normalized spacial score (nSPS) is 17.7. The Balaban J connectivity index is 2.29. The number of carbonyl (C=O) groups excluding carboxylic acids is 2. The number of methoxy groups -OCH3 is 1. The van der Waals surface area contributed by atoms with E-state index in [1.807, 2.05) is 4.90 Å². The standard InChI is InChI=1S/C14H19N3O4/c1-4-21-13(18)10-6-5-7-17(10)11-8-9(2)15-12(16-11)14(19)20-3/h8,10H,4-7H2,1-3H3. The Morgan fingerprint density at radius 3 is 2.86 bits per heavy atom. The van der Waals surface area contributed by atoms with E-state index in [1.54, 1.807) is 19.9 Å². The van der Waals surface area contributed by atoms with Crippen molar-refractivity contribution in [1.82, 2.24) is 9.97 Å². The molecule has 114 valence electrons. The van der Waals surface area contributed by atoms with Crippen molar-refractivity contribution in [1.29, 1.82) is 0 Å². The summed E-state index contributed by atoms with van der Waals surface area (Å²) in [5.74, 6) is -0.293. The van der Waals surface area contributed by atoms with Crippen molar-refractivity contribution in [2.24, 2.45) is 0 Å². The molecule has 2 rings (SSSR count). The van der Waals surface area contributed by atoms with Crippen LogP contribution in [-0.2, 0) is 14.3 Å². The molecule has 21 heavy (non-hydrogen) atoms. The lowest BCUT2D eigenvalue weighted by molar-refractivity contribution is -0.144. The summed E-state index contributed by atoms with van der Waals surface area (Å²) in [6.45, 7) is 4.59. The first-order valence-electron chi connectivity index (χ1n) is 6.94. The highest BCUT2D eigenvalue weighted by molar-refractivity contribution is 5.86. The predicted octanol–water partition coefficient (Wildman–Crippen LogP) is 1.10. The lowest BCUT2D eigenvalue weighted by atomic mass is 10.2. The Morgan fingerprint density at radius 2 is 2.19 bits per heavy atom. The molecule has 1 aromatic heterocycles. The van der Waals surface area contributed by atoms with Crippen molar-refractivity contribution in [2.45, 2.75) is 32.7 Å². The van der Waals surface area contributed by atoms with Crippen LogP contribution in [0.4, 0.5) is 5.82 Å². The molecule has 0 aromatic carbocycles. The van der Waals surface area contributed by atoms with Gasteiger partial charge in [-0.15, -0.1) is 0 Å². The number of ether oxygens (including phenoxy) is 2. The van der Waals surface area contributed by atoms with Crippen LogP contribution in [-0.4, -0.2) is 48.2 Å². The molecule has 0 bridgehead atoms. The Hall–Kier alpha value is -2.18. The molecule has 7 heteroatoms. The van der Waals surface area contributed by atoms with Crippen LogP contribution in [0.15, 0.2) is 6.07 Å². The van der Waals surface area contributed by atoms with Crippen molar-refractivity contribution in [3.8, 4) is 0 Å². The van der Waals surface area contributed by atoms with Gasteiger partial charge >= 0.3 is 11.9 Å². The quantitative estimate of drug-likeness (QED) is 0.769. The maximum absolute atomic E-state index is 12.0. The van der Waals surface area contributed by atoms with Crippen LogP contribution < -0.4 is 4.90 Å². The molecule has 1 aromatic rings. The smallest absolute Gasteiger partial charge is 0.376 e. The lowest BCUT2D eigenvalue weighted by Crippen LogP contribution is -2.38. The zero-order chi connectivity index (χ0) is 15.4. The highest BCUT2D eigenvalue weighted by Crippen LogP contribution is 2.25. The monoisotopic (exact) mass is 293 g/mol. The molecule has 1 aliphatic rings. The minimum absolute atomic E-state index is 0.00186. The van der Waals surface area contributed by atoms with E-state index in [-0.39, 0.29) is 17.8 Å². The first kappa shape index (κ1) is 15.2. The summed E-state index contributed by atoms with van der Waals surface area (Å²) in [6, 6.07) is 1.40. The van der Waals surface area contributed by atoms with Gasteiger partial charge in [0.1, 0.15) is 11.9 Å². The largest absolute Gasteiger partial charge is 0.464 e. The summed E-state index contributed by atoms with van der Waals surface area (Å²) < 4.78 is 9.74. The average Bonchev–Trinajstić information content (AvgIpc) is 2.95. The molecule has 1 aliphatic heterocycles. The van der Waals surface area contributed by atoms with Gasteiger partial charge in [0.25, 0.3) is 0 Å². The zero-order valence-electron chi connectivity index (χ0n) is 12.5. The number of anilines is 1. The maximum Gasteiger partial charge on any atom is 0.376 e. The summed E-state index contributed by atoms with van der Waals surface area (Å²) in [7, 11) is 1.28. The third-order valence-corrected chi connectivity index (χ3v) is 3.31. The lowest BCUT2D eigenvalue weighted by Gasteiger charge is -2.24. The molecule has 0 spiro atoms. The first-order chi connectivity index (χ1) is 10.1. The number of nitrogens with zero attached hydrogens (tertiary/aromatic N) is 3. The van der Waals surface area contributed by atoms with Gasteiger partial charge in [-0.25, -0.2) is 19.6 Å². The van der Waals surface area contributed by atoms with E-state index in [2.05, 4.69) is 14.7 Å². The second-order valence-corrected chi connectivity index (χ2v) is 4.79. The molecule has 0 aliphatic carbocycles. The Bertz CT molecular complexity index is 547. The van der Waals surface area contributed by atoms with Crippen molar-refractivity contribution in [2.75, 3.05) is 25.2 Å². The van der Waals surface area contributed by atoms with Gasteiger partial charge in [0.15, 0.2) is 0 Å². The summed E-state index contributed by atoms with van der Waals surface area (Å²) in [5, 5.41) is 0. The number of esters is 2. The number of hydrogen-bond acceptors (Lipinski definition) is 7. The van der Waals surface area contributed by atoms with Crippen LogP contribution in [0.1, 0.15) is 36.1 Å². The Morgan fingerprint density at radius 1 is 1.43 bits per heavy atom. The van der Waals surface area contributed by atoms with Crippen LogP contribution >= 0.6 is 0 Å². The summed E-state index contributed by atoms with van der Waals surface area (Å²) in [4.78, 5) is 33.7. The molecule has 0 amide bonds. The number of carbonyl (C=O) groups is 2. The van der Waals surface area contributed by atoms with Crippen molar-refractivity contribution >= 4 is 17.8 Å². The molecule has 1 atom stereocenters. The second-order valence-electron chi connectivity index (χ2n) is 4.79. The highest BCUT2D eigenvalue weighted by atomic mass is 16.5. The van der Waals surface area contributed by atoms with E-state index >= 15 is 0 Å². The van der Waals surface area contributed by atoms with E-state index < -0.39 is 5.97 Å². The molecule has 7 nitrogen and oxygen atoms in total. The molecule has 0 N–H and O–H groups in total. The van der Waals surface area contributed by atoms with Gasteiger partial charge in [-0.05, 0) is 26.7 Å². The van der Waals surface area contributed by atoms with Crippen LogP contribution in [0.3, 0.4) is 0 Å². The van der Waals surface area contributed by atoms with Gasteiger partial charge in [-0.1, -0.05) is 0 Å². The van der Waals surface area contributed by atoms with Gasteiger partial charge in [0, 0.05) is 18.3 Å². The van der Waals surface area contributed by atoms with Crippen LogP contribution in [0, 0.1) is 6.92 Å². The number of aromatic nitrogens is 2. The molecule has 1 saturated heterocycles. The van der Waals surface area contributed by atoms with Crippen LogP contribution in [0.2, 0.25) is 0 Å². The van der Waals surface area contributed by atoms with E-state index in [4.69, 9.17) is 4.74 Å². The molecule has 1 unspecified atom stereocenters. The molecular formula is C14H19N3O4. The Labute approximate surface area is 123 Å². The fourth-order valence-electron chi connectivity index (χ4n) is 2.41. The molecular weight excluding hydrogens is 274 g/mol. The third kappa shape index (κ3) is 3.29.